The fourth-order valence-electron chi connectivity index (χ4n) is 0.806. The molecule has 2 N–H and O–H groups in total. The lowest BCUT2D eigenvalue weighted by molar-refractivity contribution is 0.243. The first kappa shape index (κ1) is 9.38. The topological polar surface area (TPSA) is 53.5 Å². The molecule has 0 aromatic carbocycles. The Kier molecular flexibility index (Phi) is 3.40. The maximum absolute atomic E-state index is 11.1. The van der Waals surface area contributed by atoms with Crippen LogP contribution in [0.5, 0.6) is 0 Å². The van der Waals surface area contributed by atoms with E-state index in [1.54, 1.807) is 11.8 Å². The molecule has 0 saturated carbocycles. The van der Waals surface area contributed by atoms with Crippen LogP contribution in [-0.4, -0.2) is 29.5 Å². The normalized spacial score (nSPS) is 16.1. The zero-order valence-corrected chi connectivity index (χ0v) is 8.07. The van der Waals surface area contributed by atoms with Crippen molar-refractivity contribution in [3.63, 3.8) is 0 Å². The molecule has 0 spiro atoms. The van der Waals surface area contributed by atoms with Crippen LogP contribution < -0.4 is 10.6 Å². The van der Waals surface area contributed by atoms with Crippen LogP contribution in [0.15, 0.2) is 4.99 Å². The molecule has 0 aliphatic carbocycles. The Hall–Kier alpha value is -0.710. The number of hydrogen-bond donors (Lipinski definition) is 2. The molecule has 0 aromatic rings. The van der Waals surface area contributed by atoms with Crippen molar-refractivity contribution in [2.75, 3.05) is 12.3 Å². The second-order valence-electron chi connectivity index (χ2n) is 2.79. The molecule has 0 fully saturated rings. The number of amides is 2. The zero-order valence-electron chi connectivity index (χ0n) is 7.26. The molecular formula is C7H13N3OS. The number of rotatable bonds is 1. The maximum Gasteiger partial charge on any atom is 0.320 e. The summed E-state index contributed by atoms with van der Waals surface area (Å²) >= 11 is 1.58. The van der Waals surface area contributed by atoms with E-state index in [0.717, 1.165) is 17.5 Å². The lowest BCUT2D eigenvalue weighted by Gasteiger charge is -2.08. The summed E-state index contributed by atoms with van der Waals surface area (Å²) < 4.78 is 0. The number of hydrogen-bond acceptors (Lipinski definition) is 3. The predicted molar refractivity (Wildman–Crippen MR) is 51.6 cm³/mol. The first-order valence-electron chi connectivity index (χ1n) is 3.93. The van der Waals surface area contributed by atoms with Gasteiger partial charge >= 0.3 is 6.03 Å². The second-order valence-corrected chi connectivity index (χ2v) is 3.87. The molecule has 2 amide bonds. The highest BCUT2D eigenvalue weighted by Gasteiger charge is 2.10. The quantitative estimate of drug-likeness (QED) is 0.638. The van der Waals surface area contributed by atoms with E-state index in [4.69, 9.17) is 0 Å². The fraction of sp³-hybridized carbons (Fsp3) is 0.714. The molecule has 1 aliphatic rings. The van der Waals surface area contributed by atoms with Crippen molar-refractivity contribution in [3.8, 4) is 0 Å². The Balaban J connectivity index is 2.26. The number of carbonyl (C=O) groups is 1. The van der Waals surface area contributed by atoms with Crippen molar-refractivity contribution in [2.24, 2.45) is 4.99 Å². The average Bonchev–Trinajstić information content (AvgIpc) is 2.37. The lowest BCUT2D eigenvalue weighted by atomic mass is 10.4. The summed E-state index contributed by atoms with van der Waals surface area (Å²) in [5.74, 6) is 0.970. The van der Waals surface area contributed by atoms with Gasteiger partial charge in [0.05, 0.1) is 6.54 Å². The standard InChI is InChI=1S/C7H13N3OS/c1-5(2)9-6(11)10-7-8-3-4-12-7/h5H,3-4H2,1-2H3,(H2,8,9,10,11). The molecule has 0 saturated heterocycles. The molecule has 0 aromatic heterocycles. The van der Waals surface area contributed by atoms with Gasteiger partial charge in [0.2, 0.25) is 0 Å². The number of aliphatic imine (C=N–C) groups is 1. The van der Waals surface area contributed by atoms with Crippen LogP contribution >= 0.6 is 11.8 Å². The minimum absolute atomic E-state index is 0.164. The molecule has 5 heteroatoms. The smallest absolute Gasteiger partial charge is 0.320 e. The van der Waals surface area contributed by atoms with Crippen LogP contribution in [0, 0.1) is 0 Å². The van der Waals surface area contributed by atoms with Crippen molar-refractivity contribution in [1.82, 2.24) is 10.6 Å². The SMILES string of the molecule is CC(C)NC(=O)NC1=NCCS1. The highest BCUT2D eigenvalue weighted by molar-refractivity contribution is 8.14. The van der Waals surface area contributed by atoms with Crippen molar-refractivity contribution < 1.29 is 4.79 Å². The lowest BCUT2D eigenvalue weighted by Crippen LogP contribution is -2.41. The molecule has 1 heterocycles. The summed E-state index contributed by atoms with van der Waals surface area (Å²) in [6.45, 7) is 4.65. The Morgan fingerprint density at radius 3 is 2.92 bits per heavy atom. The van der Waals surface area contributed by atoms with Gasteiger partial charge in [0.25, 0.3) is 0 Å². The molecule has 1 aliphatic heterocycles. The number of nitrogens with zero attached hydrogens (tertiary/aromatic N) is 1. The third-order valence-corrected chi connectivity index (χ3v) is 2.12. The molecule has 1 rings (SSSR count). The predicted octanol–water partition coefficient (Wildman–Crippen LogP) is 0.797. The molecule has 0 unspecified atom stereocenters. The Bertz CT molecular complexity index is 203. The van der Waals surface area contributed by atoms with Crippen LogP contribution in [0.3, 0.4) is 0 Å². The van der Waals surface area contributed by atoms with Gasteiger partial charge in [0.1, 0.15) is 0 Å². The van der Waals surface area contributed by atoms with E-state index in [9.17, 15) is 4.79 Å². The summed E-state index contributed by atoms with van der Waals surface area (Å²) in [6.07, 6.45) is 0. The number of amidine groups is 1. The van der Waals surface area contributed by atoms with Crippen molar-refractivity contribution in [2.45, 2.75) is 19.9 Å². The number of thioether (sulfide) groups is 1. The largest absolute Gasteiger partial charge is 0.336 e. The van der Waals surface area contributed by atoms with Crippen LogP contribution in [-0.2, 0) is 0 Å². The number of urea groups is 1. The van der Waals surface area contributed by atoms with Crippen LogP contribution in [0.2, 0.25) is 0 Å². The Labute approximate surface area is 76.2 Å². The van der Waals surface area contributed by atoms with E-state index in [1.165, 1.54) is 0 Å². The first-order valence-corrected chi connectivity index (χ1v) is 4.92. The highest BCUT2D eigenvalue weighted by Crippen LogP contribution is 2.08. The summed E-state index contributed by atoms with van der Waals surface area (Å²) in [7, 11) is 0. The molecule has 12 heavy (non-hydrogen) atoms. The highest BCUT2D eigenvalue weighted by atomic mass is 32.2. The summed E-state index contributed by atoms with van der Waals surface area (Å²) in [6, 6.07) is -0.00449. The molecule has 0 atom stereocenters. The minimum Gasteiger partial charge on any atom is -0.336 e. The Morgan fingerprint density at radius 2 is 2.42 bits per heavy atom. The van der Waals surface area contributed by atoms with E-state index in [1.807, 2.05) is 13.8 Å². The summed E-state index contributed by atoms with van der Waals surface area (Å²) in [5.41, 5.74) is 0. The summed E-state index contributed by atoms with van der Waals surface area (Å²) in [4.78, 5) is 15.2. The number of carbonyl (C=O) groups excluding carboxylic acids is 1. The van der Waals surface area contributed by atoms with Gasteiger partial charge in [-0.25, -0.2) is 4.79 Å². The van der Waals surface area contributed by atoms with E-state index in [2.05, 4.69) is 15.6 Å². The van der Waals surface area contributed by atoms with Gasteiger partial charge in [0, 0.05) is 11.8 Å². The van der Waals surface area contributed by atoms with Gasteiger partial charge in [-0.2, -0.15) is 0 Å². The fourth-order valence-corrected chi connectivity index (χ4v) is 1.53. The van der Waals surface area contributed by atoms with Crippen molar-refractivity contribution in [3.05, 3.63) is 0 Å². The Morgan fingerprint density at radius 1 is 1.67 bits per heavy atom. The van der Waals surface area contributed by atoms with Gasteiger partial charge in [0.15, 0.2) is 5.17 Å². The molecule has 0 bridgehead atoms. The van der Waals surface area contributed by atoms with E-state index >= 15 is 0 Å². The van der Waals surface area contributed by atoms with Gasteiger partial charge in [-0.3, -0.25) is 10.3 Å². The van der Waals surface area contributed by atoms with Gasteiger partial charge in [-0.1, -0.05) is 11.8 Å². The third-order valence-electron chi connectivity index (χ3n) is 1.23. The van der Waals surface area contributed by atoms with Gasteiger partial charge in [-0.15, -0.1) is 0 Å². The van der Waals surface area contributed by atoms with E-state index in [-0.39, 0.29) is 12.1 Å². The third kappa shape index (κ3) is 3.13. The van der Waals surface area contributed by atoms with E-state index in [0.29, 0.717) is 0 Å². The molecule has 68 valence electrons. The van der Waals surface area contributed by atoms with Crippen molar-refractivity contribution in [1.29, 1.82) is 0 Å². The van der Waals surface area contributed by atoms with E-state index < -0.39 is 0 Å². The molecule has 0 radical (unpaired) electrons. The van der Waals surface area contributed by atoms with Crippen LogP contribution in [0.25, 0.3) is 0 Å². The monoisotopic (exact) mass is 187 g/mol. The van der Waals surface area contributed by atoms with Crippen LogP contribution in [0.1, 0.15) is 13.8 Å². The zero-order chi connectivity index (χ0) is 8.97. The van der Waals surface area contributed by atoms with Gasteiger partial charge in [-0.05, 0) is 13.8 Å². The molecule has 4 nitrogen and oxygen atoms in total. The number of nitrogens with one attached hydrogen (secondary N) is 2. The average molecular weight is 187 g/mol. The minimum atomic E-state index is -0.168. The van der Waals surface area contributed by atoms with Gasteiger partial charge < -0.3 is 5.32 Å². The first-order chi connectivity index (χ1) is 5.68. The summed E-state index contributed by atoms with van der Waals surface area (Å²) in [5, 5.41) is 6.13. The van der Waals surface area contributed by atoms with Crippen molar-refractivity contribution >= 4 is 23.0 Å². The second kappa shape index (κ2) is 4.35. The van der Waals surface area contributed by atoms with Crippen LogP contribution in [0.4, 0.5) is 4.79 Å². The maximum atomic E-state index is 11.1. The molecular weight excluding hydrogens is 174 g/mol.